The number of nitrogens with one attached hydrogen (secondary N) is 1. The molecule has 1 unspecified atom stereocenters. The Morgan fingerprint density at radius 3 is 2.33 bits per heavy atom. The second-order valence-corrected chi connectivity index (χ2v) is 7.86. The molecule has 1 fully saturated rings. The SMILES string of the molecule is Cn1c2c(c(=O)n(C)c1=O)C(CC(=O)N1CCN(Cc3ccccc3)CC1)C(=O)N2. The first-order chi connectivity index (χ1) is 14.4. The lowest BCUT2D eigenvalue weighted by molar-refractivity contribution is -0.135. The van der Waals surface area contributed by atoms with Gasteiger partial charge in [-0.15, -0.1) is 0 Å². The molecule has 1 aromatic carbocycles. The van der Waals surface area contributed by atoms with E-state index in [1.54, 1.807) is 4.90 Å². The Balaban J connectivity index is 1.43. The van der Waals surface area contributed by atoms with Crippen molar-refractivity contribution in [2.75, 3.05) is 31.5 Å². The lowest BCUT2D eigenvalue weighted by Crippen LogP contribution is -2.48. The molecule has 1 atom stereocenters. The highest BCUT2D eigenvalue weighted by Crippen LogP contribution is 2.31. The van der Waals surface area contributed by atoms with Crippen LogP contribution in [0.25, 0.3) is 0 Å². The Kier molecular flexibility index (Phi) is 5.29. The molecule has 2 aromatic rings. The van der Waals surface area contributed by atoms with Crippen LogP contribution in [0, 0.1) is 0 Å². The van der Waals surface area contributed by atoms with Crippen LogP contribution in [-0.2, 0) is 30.2 Å². The molecule has 2 aliphatic heterocycles. The number of amides is 2. The summed E-state index contributed by atoms with van der Waals surface area (Å²) in [4.78, 5) is 54.1. The molecule has 1 saturated heterocycles. The maximum Gasteiger partial charge on any atom is 0.332 e. The average molecular weight is 411 g/mol. The zero-order chi connectivity index (χ0) is 21.4. The molecule has 3 heterocycles. The van der Waals surface area contributed by atoms with Gasteiger partial charge in [0.15, 0.2) is 0 Å². The second kappa shape index (κ2) is 7.91. The van der Waals surface area contributed by atoms with Crippen LogP contribution < -0.4 is 16.6 Å². The Morgan fingerprint density at radius 2 is 1.67 bits per heavy atom. The Labute approximate surface area is 173 Å². The van der Waals surface area contributed by atoms with E-state index >= 15 is 0 Å². The third-order valence-electron chi connectivity index (χ3n) is 5.96. The number of fused-ring (bicyclic) bond motifs is 1. The van der Waals surface area contributed by atoms with Gasteiger partial charge in [0.05, 0.1) is 11.5 Å². The van der Waals surface area contributed by atoms with Gasteiger partial charge in [0.2, 0.25) is 11.8 Å². The zero-order valence-corrected chi connectivity index (χ0v) is 17.1. The number of carbonyl (C=O) groups excluding carboxylic acids is 2. The predicted molar refractivity (Wildman–Crippen MR) is 111 cm³/mol. The molecule has 0 radical (unpaired) electrons. The molecule has 1 aromatic heterocycles. The van der Waals surface area contributed by atoms with Crippen LogP contribution in [0.2, 0.25) is 0 Å². The maximum absolute atomic E-state index is 12.9. The van der Waals surface area contributed by atoms with Crippen LogP contribution in [-0.4, -0.2) is 56.9 Å². The Hall–Kier alpha value is -3.20. The molecular weight excluding hydrogens is 386 g/mol. The van der Waals surface area contributed by atoms with Crippen LogP contribution in [0.3, 0.4) is 0 Å². The van der Waals surface area contributed by atoms with Crippen molar-refractivity contribution >= 4 is 17.6 Å². The van der Waals surface area contributed by atoms with E-state index in [9.17, 15) is 19.2 Å². The molecule has 158 valence electrons. The number of hydrogen-bond donors (Lipinski definition) is 1. The van der Waals surface area contributed by atoms with Gasteiger partial charge in [-0.1, -0.05) is 30.3 Å². The highest BCUT2D eigenvalue weighted by atomic mass is 16.2. The quantitative estimate of drug-likeness (QED) is 0.755. The minimum Gasteiger partial charge on any atom is -0.340 e. The number of nitrogens with zero attached hydrogens (tertiary/aromatic N) is 4. The molecule has 0 spiro atoms. The molecular formula is C21H25N5O4. The predicted octanol–water partition coefficient (Wildman–Crippen LogP) is -0.146. The maximum atomic E-state index is 12.9. The molecule has 2 aliphatic rings. The standard InChI is InChI=1S/C21H25N5O4/c1-23-18-17(20(29)24(2)21(23)30)15(19(28)22-18)12-16(27)26-10-8-25(9-11-26)13-14-6-4-3-5-7-14/h3-7,15H,8-13H2,1-2H3,(H,22,28). The number of hydrogen-bond acceptors (Lipinski definition) is 5. The number of piperazine rings is 1. The monoisotopic (exact) mass is 411 g/mol. The van der Waals surface area contributed by atoms with E-state index in [1.807, 2.05) is 18.2 Å². The Bertz CT molecular complexity index is 1100. The summed E-state index contributed by atoms with van der Waals surface area (Å²) in [7, 11) is 2.87. The topological polar surface area (TPSA) is 96.7 Å². The van der Waals surface area contributed by atoms with Gasteiger partial charge in [-0.25, -0.2) is 4.79 Å². The van der Waals surface area contributed by atoms with Crippen LogP contribution >= 0.6 is 0 Å². The zero-order valence-electron chi connectivity index (χ0n) is 17.1. The van der Waals surface area contributed by atoms with Crippen molar-refractivity contribution in [2.24, 2.45) is 14.1 Å². The molecule has 0 bridgehead atoms. The number of anilines is 1. The van der Waals surface area contributed by atoms with Crippen molar-refractivity contribution in [2.45, 2.75) is 18.9 Å². The van der Waals surface area contributed by atoms with Gasteiger partial charge in [0.25, 0.3) is 5.56 Å². The van der Waals surface area contributed by atoms with E-state index in [1.165, 1.54) is 24.2 Å². The van der Waals surface area contributed by atoms with E-state index in [2.05, 4.69) is 22.3 Å². The largest absolute Gasteiger partial charge is 0.340 e. The minimum absolute atomic E-state index is 0.0784. The Morgan fingerprint density at radius 1 is 1.00 bits per heavy atom. The number of aromatic nitrogens is 2. The van der Waals surface area contributed by atoms with E-state index in [0.717, 1.165) is 24.2 Å². The van der Waals surface area contributed by atoms with Crippen molar-refractivity contribution in [3.63, 3.8) is 0 Å². The fourth-order valence-electron chi connectivity index (χ4n) is 4.17. The van der Waals surface area contributed by atoms with Gasteiger partial charge in [-0.05, 0) is 5.56 Å². The third-order valence-corrected chi connectivity index (χ3v) is 5.96. The molecule has 0 saturated carbocycles. The van der Waals surface area contributed by atoms with Gasteiger partial charge in [-0.3, -0.25) is 28.4 Å². The van der Waals surface area contributed by atoms with E-state index < -0.39 is 23.1 Å². The molecule has 30 heavy (non-hydrogen) atoms. The molecule has 4 rings (SSSR count). The molecule has 1 N–H and O–H groups in total. The average Bonchev–Trinajstić information content (AvgIpc) is 3.08. The lowest BCUT2D eigenvalue weighted by atomic mass is 9.98. The number of carbonyl (C=O) groups is 2. The van der Waals surface area contributed by atoms with Gasteiger partial charge < -0.3 is 10.2 Å². The van der Waals surface area contributed by atoms with Gasteiger partial charge >= 0.3 is 5.69 Å². The summed E-state index contributed by atoms with van der Waals surface area (Å²) >= 11 is 0. The van der Waals surface area contributed by atoms with Crippen LogP contribution in [0.1, 0.15) is 23.5 Å². The second-order valence-electron chi connectivity index (χ2n) is 7.86. The fraction of sp³-hybridized carbons (Fsp3) is 0.429. The van der Waals surface area contributed by atoms with Crippen molar-refractivity contribution in [1.29, 1.82) is 0 Å². The van der Waals surface area contributed by atoms with Crippen molar-refractivity contribution < 1.29 is 9.59 Å². The molecule has 9 nitrogen and oxygen atoms in total. The summed E-state index contributed by atoms with van der Waals surface area (Å²) < 4.78 is 2.21. The first kappa shape index (κ1) is 20.1. The molecule has 9 heteroatoms. The summed E-state index contributed by atoms with van der Waals surface area (Å²) in [5.74, 6) is -1.25. The van der Waals surface area contributed by atoms with E-state index in [-0.39, 0.29) is 23.7 Å². The normalized spacial score (nSPS) is 18.9. The fourth-order valence-corrected chi connectivity index (χ4v) is 4.17. The summed E-state index contributed by atoms with van der Waals surface area (Å²) in [6, 6.07) is 10.2. The molecule has 0 aliphatic carbocycles. The lowest BCUT2D eigenvalue weighted by Gasteiger charge is -2.35. The van der Waals surface area contributed by atoms with E-state index in [4.69, 9.17) is 0 Å². The highest BCUT2D eigenvalue weighted by Gasteiger charge is 2.38. The number of rotatable bonds is 4. The highest BCUT2D eigenvalue weighted by molar-refractivity contribution is 6.03. The first-order valence-electron chi connectivity index (χ1n) is 10.0. The summed E-state index contributed by atoms with van der Waals surface area (Å²) in [6.45, 7) is 3.51. The first-order valence-corrected chi connectivity index (χ1v) is 10.0. The van der Waals surface area contributed by atoms with E-state index in [0.29, 0.717) is 13.1 Å². The van der Waals surface area contributed by atoms with Gasteiger partial charge in [-0.2, -0.15) is 0 Å². The smallest absolute Gasteiger partial charge is 0.332 e. The van der Waals surface area contributed by atoms with Crippen molar-refractivity contribution in [3.8, 4) is 0 Å². The van der Waals surface area contributed by atoms with Crippen molar-refractivity contribution in [1.82, 2.24) is 18.9 Å². The van der Waals surface area contributed by atoms with Crippen LogP contribution in [0.4, 0.5) is 5.82 Å². The van der Waals surface area contributed by atoms with Crippen molar-refractivity contribution in [3.05, 3.63) is 62.3 Å². The summed E-state index contributed by atoms with van der Waals surface area (Å²) in [6.07, 6.45) is -0.0784. The number of benzene rings is 1. The summed E-state index contributed by atoms with van der Waals surface area (Å²) in [5.41, 5.74) is 0.385. The van der Waals surface area contributed by atoms with Gasteiger partial charge in [0.1, 0.15) is 5.82 Å². The third kappa shape index (κ3) is 3.56. The summed E-state index contributed by atoms with van der Waals surface area (Å²) in [5, 5.41) is 2.60. The van der Waals surface area contributed by atoms with Crippen LogP contribution in [0.15, 0.2) is 39.9 Å². The van der Waals surface area contributed by atoms with Gasteiger partial charge in [0, 0.05) is 53.2 Å². The minimum atomic E-state index is -0.875. The van der Waals surface area contributed by atoms with Crippen LogP contribution in [0.5, 0.6) is 0 Å². The molecule has 2 amide bonds.